The van der Waals surface area contributed by atoms with Crippen LogP contribution in [0.1, 0.15) is 58.3 Å². The van der Waals surface area contributed by atoms with Gasteiger partial charge in [-0.25, -0.2) is 0 Å². The van der Waals surface area contributed by atoms with E-state index in [0.29, 0.717) is 38.9 Å². The summed E-state index contributed by atoms with van der Waals surface area (Å²) in [5.41, 5.74) is 5.13. The van der Waals surface area contributed by atoms with Crippen LogP contribution in [-0.4, -0.2) is 38.0 Å². The molecule has 1 saturated heterocycles. The number of primary amides is 1. The second-order valence-corrected chi connectivity index (χ2v) is 5.62. The standard InChI is InChI=1S/C16H29NO5/c1-2-20-16(19)13(7-5-9-14(17)18)8-6-12-22-15-10-3-4-11-21-15/h13,15H,2-12H2,1H3,(H2,17,18). The molecule has 1 rings (SSSR count). The summed E-state index contributed by atoms with van der Waals surface area (Å²) in [4.78, 5) is 22.7. The summed E-state index contributed by atoms with van der Waals surface area (Å²) >= 11 is 0. The molecule has 0 aromatic rings. The van der Waals surface area contributed by atoms with Crippen LogP contribution in [0.4, 0.5) is 0 Å². The lowest BCUT2D eigenvalue weighted by Gasteiger charge is -2.23. The van der Waals surface area contributed by atoms with Crippen molar-refractivity contribution in [1.29, 1.82) is 0 Å². The molecular weight excluding hydrogens is 286 g/mol. The van der Waals surface area contributed by atoms with Crippen LogP contribution in [0.15, 0.2) is 0 Å². The van der Waals surface area contributed by atoms with Gasteiger partial charge in [0.2, 0.25) is 5.91 Å². The Morgan fingerprint density at radius 3 is 2.68 bits per heavy atom. The molecule has 2 unspecified atom stereocenters. The summed E-state index contributed by atoms with van der Waals surface area (Å²) in [7, 11) is 0. The van der Waals surface area contributed by atoms with Gasteiger partial charge in [-0.15, -0.1) is 0 Å². The highest BCUT2D eigenvalue weighted by molar-refractivity contribution is 5.74. The van der Waals surface area contributed by atoms with E-state index in [1.807, 2.05) is 0 Å². The fraction of sp³-hybridized carbons (Fsp3) is 0.875. The maximum absolute atomic E-state index is 11.9. The Morgan fingerprint density at radius 1 is 1.27 bits per heavy atom. The highest BCUT2D eigenvalue weighted by Gasteiger charge is 2.20. The van der Waals surface area contributed by atoms with Crippen LogP contribution >= 0.6 is 0 Å². The smallest absolute Gasteiger partial charge is 0.308 e. The predicted molar refractivity (Wildman–Crippen MR) is 81.9 cm³/mol. The number of carbonyl (C=O) groups excluding carboxylic acids is 2. The Kier molecular flexibility index (Phi) is 9.82. The Morgan fingerprint density at radius 2 is 2.05 bits per heavy atom. The zero-order valence-electron chi connectivity index (χ0n) is 13.6. The first-order valence-corrected chi connectivity index (χ1v) is 8.31. The number of hydrogen-bond acceptors (Lipinski definition) is 5. The van der Waals surface area contributed by atoms with Gasteiger partial charge in [0.25, 0.3) is 0 Å². The second kappa shape index (κ2) is 11.4. The molecule has 0 aromatic carbocycles. The molecule has 0 saturated carbocycles. The summed E-state index contributed by atoms with van der Waals surface area (Å²) in [6.45, 7) is 3.51. The normalized spacial score (nSPS) is 19.6. The van der Waals surface area contributed by atoms with E-state index in [4.69, 9.17) is 19.9 Å². The van der Waals surface area contributed by atoms with Crippen molar-refractivity contribution in [1.82, 2.24) is 0 Å². The molecule has 1 heterocycles. The van der Waals surface area contributed by atoms with Gasteiger partial charge in [0.1, 0.15) is 0 Å². The maximum Gasteiger partial charge on any atom is 0.308 e. The Balaban J connectivity index is 2.23. The molecule has 0 aliphatic carbocycles. The van der Waals surface area contributed by atoms with E-state index in [-0.39, 0.29) is 24.1 Å². The van der Waals surface area contributed by atoms with Crippen LogP contribution in [0, 0.1) is 5.92 Å². The van der Waals surface area contributed by atoms with Gasteiger partial charge in [-0.3, -0.25) is 9.59 Å². The van der Waals surface area contributed by atoms with E-state index in [0.717, 1.165) is 32.3 Å². The molecule has 0 radical (unpaired) electrons. The molecule has 2 N–H and O–H groups in total. The van der Waals surface area contributed by atoms with Gasteiger partial charge in [0.05, 0.1) is 12.5 Å². The Hall–Kier alpha value is -1.14. The van der Waals surface area contributed by atoms with Crippen molar-refractivity contribution in [3.63, 3.8) is 0 Å². The number of nitrogens with two attached hydrogens (primary N) is 1. The summed E-state index contributed by atoms with van der Waals surface area (Å²) in [6.07, 6.45) is 6.12. The third kappa shape index (κ3) is 8.34. The molecule has 128 valence electrons. The molecule has 0 spiro atoms. The van der Waals surface area contributed by atoms with Gasteiger partial charge < -0.3 is 19.9 Å². The van der Waals surface area contributed by atoms with E-state index >= 15 is 0 Å². The minimum Gasteiger partial charge on any atom is -0.466 e. The lowest BCUT2D eigenvalue weighted by atomic mass is 9.97. The SMILES string of the molecule is CCOC(=O)C(CCCOC1CCCCO1)CCCC(N)=O. The van der Waals surface area contributed by atoms with Crippen LogP contribution in [-0.2, 0) is 23.8 Å². The molecule has 6 heteroatoms. The van der Waals surface area contributed by atoms with Gasteiger partial charge in [0.15, 0.2) is 6.29 Å². The lowest BCUT2D eigenvalue weighted by molar-refractivity contribution is -0.163. The molecule has 6 nitrogen and oxygen atoms in total. The zero-order chi connectivity index (χ0) is 16.2. The summed E-state index contributed by atoms with van der Waals surface area (Å²) in [6, 6.07) is 0. The van der Waals surface area contributed by atoms with Crippen LogP contribution in [0.25, 0.3) is 0 Å². The number of esters is 1. The molecule has 1 amide bonds. The van der Waals surface area contributed by atoms with E-state index in [1.54, 1.807) is 6.92 Å². The second-order valence-electron chi connectivity index (χ2n) is 5.62. The van der Waals surface area contributed by atoms with Gasteiger partial charge in [0, 0.05) is 19.6 Å². The topological polar surface area (TPSA) is 87.8 Å². The molecular formula is C16H29NO5. The number of hydrogen-bond donors (Lipinski definition) is 1. The first-order chi connectivity index (χ1) is 10.6. The quantitative estimate of drug-likeness (QED) is 0.466. The maximum atomic E-state index is 11.9. The first-order valence-electron chi connectivity index (χ1n) is 8.31. The predicted octanol–water partition coefficient (Wildman–Crippen LogP) is 2.14. The van der Waals surface area contributed by atoms with Crippen molar-refractivity contribution in [2.75, 3.05) is 19.8 Å². The van der Waals surface area contributed by atoms with Crippen molar-refractivity contribution >= 4 is 11.9 Å². The summed E-state index contributed by atoms with van der Waals surface area (Å²) in [5.74, 6) is -0.712. The average Bonchev–Trinajstić information content (AvgIpc) is 2.50. The average molecular weight is 315 g/mol. The number of rotatable bonds is 11. The van der Waals surface area contributed by atoms with Crippen LogP contribution in [0.2, 0.25) is 0 Å². The van der Waals surface area contributed by atoms with Crippen molar-refractivity contribution in [2.24, 2.45) is 11.7 Å². The molecule has 0 aromatic heterocycles. The largest absolute Gasteiger partial charge is 0.466 e. The van der Waals surface area contributed by atoms with Gasteiger partial charge in [-0.1, -0.05) is 0 Å². The lowest BCUT2D eigenvalue weighted by Crippen LogP contribution is -2.23. The molecule has 1 aliphatic heterocycles. The Labute approximate surface area is 132 Å². The van der Waals surface area contributed by atoms with Crippen molar-refractivity contribution in [3.8, 4) is 0 Å². The van der Waals surface area contributed by atoms with Crippen LogP contribution in [0.3, 0.4) is 0 Å². The first kappa shape index (κ1) is 18.9. The van der Waals surface area contributed by atoms with E-state index < -0.39 is 0 Å². The van der Waals surface area contributed by atoms with Gasteiger partial charge >= 0.3 is 5.97 Å². The van der Waals surface area contributed by atoms with Crippen molar-refractivity contribution < 1.29 is 23.8 Å². The number of carbonyl (C=O) groups is 2. The minimum absolute atomic E-state index is 0.0929. The molecule has 1 fully saturated rings. The van der Waals surface area contributed by atoms with Gasteiger partial charge in [-0.2, -0.15) is 0 Å². The monoisotopic (exact) mass is 315 g/mol. The van der Waals surface area contributed by atoms with Crippen LogP contribution < -0.4 is 5.73 Å². The third-order valence-electron chi connectivity index (χ3n) is 3.73. The molecule has 0 bridgehead atoms. The Bertz CT molecular complexity index is 328. The number of amides is 1. The fourth-order valence-electron chi connectivity index (χ4n) is 2.55. The van der Waals surface area contributed by atoms with E-state index in [2.05, 4.69) is 0 Å². The zero-order valence-corrected chi connectivity index (χ0v) is 13.6. The van der Waals surface area contributed by atoms with Crippen LogP contribution in [0.5, 0.6) is 0 Å². The summed E-state index contributed by atoms with van der Waals surface area (Å²) < 4.78 is 16.3. The minimum atomic E-state index is -0.333. The van der Waals surface area contributed by atoms with Crippen molar-refractivity contribution in [3.05, 3.63) is 0 Å². The fourth-order valence-corrected chi connectivity index (χ4v) is 2.55. The van der Waals surface area contributed by atoms with E-state index in [1.165, 1.54) is 0 Å². The number of ether oxygens (including phenoxy) is 3. The van der Waals surface area contributed by atoms with Crippen molar-refractivity contribution in [2.45, 2.75) is 64.6 Å². The van der Waals surface area contributed by atoms with E-state index in [9.17, 15) is 9.59 Å². The van der Waals surface area contributed by atoms with Gasteiger partial charge in [-0.05, 0) is 51.9 Å². The highest BCUT2D eigenvalue weighted by Crippen LogP contribution is 2.18. The molecule has 1 aliphatic rings. The molecule has 2 atom stereocenters. The third-order valence-corrected chi connectivity index (χ3v) is 3.73. The summed E-state index contributed by atoms with van der Waals surface area (Å²) in [5, 5.41) is 0. The highest BCUT2D eigenvalue weighted by atomic mass is 16.7. The molecule has 22 heavy (non-hydrogen) atoms.